The number of hydrogen-bond donors (Lipinski definition) is 1. The molecule has 0 radical (unpaired) electrons. The van der Waals surface area contributed by atoms with Crippen molar-refractivity contribution in [1.82, 2.24) is 0 Å². The van der Waals surface area contributed by atoms with Gasteiger partial charge in [0.15, 0.2) is 5.78 Å². The summed E-state index contributed by atoms with van der Waals surface area (Å²) in [7, 11) is 0. The second-order valence-electron chi connectivity index (χ2n) is 4.77. The van der Waals surface area contributed by atoms with Gasteiger partial charge in [0.25, 0.3) is 0 Å². The van der Waals surface area contributed by atoms with E-state index in [-0.39, 0.29) is 11.3 Å². The summed E-state index contributed by atoms with van der Waals surface area (Å²) < 4.78 is 40.0. The lowest BCUT2D eigenvalue weighted by atomic mass is 10.1. The van der Waals surface area contributed by atoms with Gasteiger partial charge in [-0.3, -0.25) is 4.79 Å². The lowest BCUT2D eigenvalue weighted by Crippen LogP contribution is -2.29. The Morgan fingerprint density at radius 1 is 1.00 bits per heavy atom. The number of carboxylic acids is 1. The molecule has 0 fully saturated rings. The summed E-state index contributed by atoms with van der Waals surface area (Å²) in [5.41, 5.74) is -0.110. The number of ether oxygens (including phenoxy) is 1. The van der Waals surface area contributed by atoms with Crippen molar-refractivity contribution in [1.29, 1.82) is 0 Å². The molecule has 0 aromatic heterocycles. The number of carbonyl (C=O) groups excluding carboxylic acids is 2. The van der Waals surface area contributed by atoms with Crippen molar-refractivity contribution in [2.45, 2.75) is 6.36 Å². The van der Waals surface area contributed by atoms with Crippen LogP contribution in [0, 0.1) is 0 Å². The highest BCUT2D eigenvalue weighted by molar-refractivity contribution is 6.08. The number of ketones is 1. The summed E-state index contributed by atoms with van der Waals surface area (Å²) in [5, 5.41) is 13.6. The zero-order valence-electron chi connectivity index (χ0n) is 12.5. The van der Waals surface area contributed by atoms with Crippen LogP contribution < -0.4 is 15.2 Å². The maximum atomic E-state index is 12.1. The fourth-order valence-corrected chi connectivity index (χ4v) is 1.86. The highest BCUT2D eigenvalue weighted by Gasteiger charge is 2.30. The van der Waals surface area contributed by atoms with Crippen LogP contribution >= 0.6 is 0 Å². The van der Waals surface area contributed by atoms with E-state index in [0.29, 0.717) is 0 Å². The quantitative estimate of drug-likeness (QED) is 0.640. The molecule has 2 aromatic carbocycles. The van der Waals surface area contributed by atoms with Gasteiger partial charge in [-0.05, 0) is 24.3 Å². The van der Waals surface area contributed by atoms with E-state index in [1.807, 2.05) is 0 Å². The molecular weight excluding hydrogens is 339 g/mol. The lowest BCUT2D eigenvalue weighted by molar-refractivity contribution is -0.299. The summed E-state index contributed by atoms with van der Waals surface area (Å²) in [6, 6.07) is 12.3. The van der Waals surface area contributed by atoms with Crippen molar-refractivity contribution in [2.24, 2.45) is 0 Å². The summed E-state index contributed by atoms with van der Waals surface area (Å²) in [4.78, 5) is 23.2. The van der Waals surface area contributed by atoms with Gasteiger partial charge in [-0.1, -0.05) is 30.3 Å². The Kier molecular flexibility index (Phi) is 5.43. The van der Waals surface area contributed by atoms with Gasteiger partial charge < -0.3 is 20.0 Å². The number of carboxylic acid groups (broad SMARTS) is 1. The van der Waals surface area contributed by atoms with Crippen LogP contribution in [0.1, 0.15) is 10.4 Å². The van der Waals surface area contributed by atoms with Gasteiger partial charge >= 0.3 is 6.36 Å². The molecule has 8 heteroatoms. The van der Waals surface area contributed by atoms with Gasteiger partial charge in [0, 0.05) is 17.3 Å². The molecule has 25 heavy (non-hydrogen) atoms. The molecule has 2 aromatic rings. The molecule has 0 aliphatic carbocycles. The maximum Gasteiger partial charge on any atom is 0.573 e. The lowest BCUT2D eigenvalue weighted by Gasteiger charge is -2.13. The van der Waals surface area contributed by atoms with Crippen LogP contribution in [0.25, 0.3) is 0 Å². The van der Waals surface area contributed by atoms with Crippen LogP contribution in [0.2, 0.25) is 0 Å². The maximum absolute atomic E-state index is 12.1. The van der Waals surface area contributed by atoms with Crippen molar-refractivity contribution in [3.63, 3.8) is 0 Å². The number of alkyl halides is 3. The van der Waals surface area contributed by atoms with Crippen LogP contribution in [0.5, 0.6) is 5.75 Å². The van der Waals surface area contributed by atoms with Gasteiger partial charge in [-0.2, -0.15) is 0 Å². The number of anilines is 1. The van der Waals surface area contributed by atoms with Gasteiger partial charge in [-0.15, -0.1) is 13.2 Å². The molecule has 130 valence electrons. The number of rotatable bonds is 6. The van der Waals surface area contributed by atoms with Crippen LogP contribution in [0.3, 0.4) is 0 Å². The first-order valence-electron chi connectivity index (χ1n) is 6.90. The smallest absolute Gasteiger partial charge is 0.543 e. The van der Waals surface area contributed by atoms with E-state index in [2.05, 4.69) is 10.1 Å². The number of hydrogen-bond acceptors (Lipinski definition) is 5. The molecule has 0 atom stereocenters. The number of carbonyl (C=O) groups is 2. The van der Waals surface area contributed by atoms with E-state index in [9.17, 15) is 27.9 Å². The summed E-state index contributed by atoms with van der Waals surface area (Å²) >= 11 is 0. The molecule has 0 saturated heterocycles. The third-order valence-electron chi connectivity index (χ3n) is 2.92. The zero-order chi connectivity index (χ0) is 18.4. The minimum Gasteiger partial charge on any atom is -0.543 e. The van der Waals surface area contributed by atoms with Gasteiger partial charge in [0.1, 0.15) is 5.75 Å². The Hall–Kier alpha value is -3.29. The SMILES string of the molecule is O=C([O-])C(=CC(=O)c1ccccc1)Nc1ccc(OC(F)(F)F)cc1. The highest BCUT2D eigenvalue weighted by Crippen LogP contribution is 2.24. The standard InChI is InChI=1S/C17H12F3NO4/c18-17(19,20)25-13-8-6-12(7-9-13)21-14(16(23)24)10-15(22)11-4-2-1-3-5-11/h1-10,21H,(H,23,24)/p-1. The average Bonchev–Trinajstić information content (AvgIpc) is 2.55. The zero-order valence-corrected chi connectivity index (χ0v) is 12.5. The Morgan fingerprint density at radius 2 is 1.60 bits per heavy atom. The predicted octanol–water partition coefficient (Wildman–Crippen LogP) is 2.51. The number of allylic oxidation sites excluding steroid dienone is 1. The highest BCUT2D eigenvalue weighted by atomic mass is 19.4. The first-order valence-corrected chi connectivity index (χ1v) is 6.90. The molecule has 0 aliphatic heterocycles. The van der Waals surface area contributed by atoms with E-state index in [4.69, 9.17) is 0 Å². The van der Waals surface area contributed by atoms with E-state index >= 15 is 0 Å². The summed E-state index contributed by atoms with van der Waals surface area (Å²) in [6.45, 7) is 0. The Balaban J connectivity index is 2.15. The topological polar surface area (TPSA) is 78.5 Å². The second kappa shape index (κ2) is 7.52. The number of benzene rings is 2. The van der Waals surface area contributed by atoms with Crippen molar-refractivity contribution >= 4 is 17.4 Å². The van der Waals surface area contributed by atoms with Crippen molar-refractivity contribution in [3.05, 3.63) is 71.9 Å². The molecule has 5 nitrogen and oxygen atoms in total. The number of aliphatic carboxylic acids is 1. The molecule has 0 saturated carbocycles. The Morgan fingerprint density at radius 3 is 2.12 bits per heavy atom. The predicted molar refractivity (Wildman–Crippen MR) is 80.6 cm³/mol. The normalized spacial score (nSPS) is 11.7. The Labute approximate surface area is 140 Å². The minimum atomic E-state index is -4.83. The van der Waals surface area contributed by atoms with Crippen LogP contribution in [0.15, 0.2) is 66.4 Å². The number of halogens is 3. The third kappa shape index (κ3) is 5.69. The molecule has 0 bridgehead atoms. The van der Waals surface area contributed by atoms with E-state index in [0.717, 1.165) is 18.2 Å². The van der Waals surface area contributed by atoms with E-state index in [1.54, 1.807) is 18.2 Å². The molecule has 0 heterocycles. The monoisotopic (exact) mass is 350 g/mol. The van der Waals surface area contributed by atoms with Crippen LogP contribution in [-0.2, 0) is 4.79 Å². The second-order valence-corrected chi connectivity index (χ2v) is 4.77. The molecule has 0 unspecified atom stereocenters. The van der Waals surface area contributed by atoms with Crippen LogP contribution in [-0.4, -0.2) is 18.1 Å². The Bertz CT molecular complexity index is 784. The molecule has 0 amide bonds. The molecule has 0 spiro atoms. The fourth-order valence-electron chi connectivity index (χ4n) is 1.86. The minimum absolute atomic E-state index is 0.144. The van der Waals surface area contributed by atoms with Gasteiger partial charge in [-0.25, -0.2) is 0 Å². The van der Waals surface area contributed by atoms with Crippen molar-refractivity contribution in [3.8, 4) is 5.75 Å². The number of nitrogens with one attached hydrogen (secondary N) is 1. The van der Waals surface area contributed by atoms with Crippen molar-refractivity contribution in [2.75, 3.05) is 5.32 Å². The van der Waals surface area contributed by atoms with E-state index < -0.39 is 29.6 Å². The van der Waals surface area contributed by atoms with Gasteiger partial charge in [0.2, 0.25) is 0 Å². The van der Waals surface area contributed by atoms with E-state index in [1.165, 1.54) is 24.3 Å². The molecular formula is C17H11F3NO4-. The summed E-state index contributed by atoms with van der Waals surface area (Å²) in [6.07, 6.45) is -3.99. The molecule has 0 aliphatic rings. The average molecular weight is 350 g/mol. The van der Waals surface area contributed by atoms with Crippen LogP contribution in [0.4, 0.5) is 18.9 Å². The van der Waals surface area contributed by atoms with Gasteiger partial charge in [0.05, 0.1) is 11.7 Å². The van der Waals surface area contributed by atoms with Crippen molar-refractivity contribution < 1.29 is 32.6 Å². The molecule has 2 rings (SSSR count). The summed E-state index contributed by atoms with van der Waals surface area (Å²) in [5.74, 6) is -2.67. The largest absolute Gasteiger partial charge is 0.573 e. The third-order valence-corrected chi connectivity index (χ3v) is 2.92. The first-order chi connectivity index (χ1) is 11.7. The molecule has 1 N–H and O–H groups in total. The fraction of sp³-hybridized carbons (Fsp3) is 0.0588. The first kappa shape index (κ1) is 18.1.